The van der Waals surface area contributed by atoms with E-state index >= 15 is 0 Å². The summed E-state index contributed by atoms with van der Waals surface area (Å²) in [5.74, 6) is 1.53. The Balaban J connectivity index is 1.47. The minimum Gasteiger partial charge on any atom is -0.479 e. The van der Waals surface area contributed by atoms with Crippen LogP contribution in [0.4, 0.5) is 0 Å². The van der Waals surface area contributed by atoms with Crippen LogP contribution in [-0.2, 0) is 9.59 Å². The maximum Gasteiger partial charge on any atom is 0.330 e. The Morgan fingerprint density at radius 1 is 1.10 bits per heavy atom. The average molecular weight is 285 g/mol. The fourth-order valence-corrected chi connectivity index (χ4v) is 4.85. The molecule has 1 aromatic carbocycles. The molecule has 0 radical (unpaired) electrons. The number of aliphatic carboxylic acids is 1. The normalized spacial score (nSPS) is 36.9. The maximum absolute atomic E-state index is 12.5. The van der Waals surface area contributed by atoms with Crippen molar-refractivity contribution in [2.24, 2.45) is 29.6 Å². The molecule has 5 unspecified atom stereocenters. The molecule has 2 bridgehead atoms. The topological polar surface area (TPSA) is 66.4 Å². The van der Waals surface area contributed by atoms with Crippen molar-refractivity contribution in [1.82, 2.24) is 5.32 Å². The van der Waals surface area contributed by atoms with Crippen molar-refractivity contribution in [2.45, 2.75) is 25.3 Å². The smallest absolute Gasteiger partial charge is 0.330 e. The molecule has 3 fully saturated rings. The summed E-state index contributed by atoms with van der Waals surface area (Å²) in [5.41, 5.74) is 0.632. The van der Waals surface area contributed by atoms with Gasteiger partial charge in [0.15, 0.2) is 6.04 Å². The van der Waals surface area contributed by atoms with Gasteiger partial charge >= 0.3 is 5.97 Å². The zero-order valence-electron chi connectivity index (χ0n) is 11.7. The van der Waals surface area contributed by atoms with Crippen LogP contribution in [0.15, 0.2) is 30.3 Å². The molecule has 21 heavy (non-hydrogen) atoms. The Labute approximate surface area is 123 Å². The van der Waals surface area contributed by atoms with Crippen LogP contribution in [0.2, 0.25) is 0 Å². The van der Waals surface area contributed by atoms with E-state index in [0.717, 1.165) is 11.8 Å². The lowest BCUT2D eigenvalue weighted by Crippen LogP contribution is -2.36. The van der Waals surface area contributed by atoms with E-state index in [1.165, 1.54) is 19.3 Å². The van der Waals surface area contributed by atoms with E-state index in [9.17, 15) is 14.7 Å². The predicted octanol–water partition coefficient (Wildman–Crippen LogP) is 2.22. The second-order valence-electron chi connectivity index (χ2n) is 6.70. The van der Waals surface area contributed by atoms with E-state index in [-0.39, 0.29) is 11.8 Å². The minimum atomic E-state index is -0.997. The van der Waals surface area contributed by atoms with Crippen LogP contribution in [-0.4, -0.2) is 17.0 Å². The number of carboxylic acid groups (broad SMARTS) is 1. The van der Waals surface area contributed by atoms with Crippen LogP contribution in [0, 0.1) is 29.6 Å². The minimum absolute atomic E-state index is 0.0575. The highest BCUT2D eigenvalue weighted by atomic mass is 16.4. The first-order valence-electron chi connectivity index (χ1n) is 7.75. The average Bonchev–Trinajstić information content (AvgIpc) is 2.93. The fourth-order valence-electron chi connectivity index (χ4n) is 4.85. The largest absolute Gasteiger partial charge is 0.479 e. The summed E-state index contributed by atoms with van der Waals surface area (Å²) < 4.78 is 0. The first-order valence-corrected chi connectivity index (χ1v) is 7.75. The SMILES string of the molecule is O=C(O)C(NC(=O)C1C2C3CCC(C3)C12)c1ccccc1. The summed E-state index contributed by atoms with van der Waals surface area (Å²) in [6.45, 7) is 0. The lowest BCUT2D eigenvalue weighted by Gasteiger charge is -2.16. The standard InChI is InChI=1S/C17H19NO3/c19-16(14-12-10-6-7-11(8-10)13(12)14)18-15(17(20)21)9-4-2-1-3-5-9/h1-5,10-15H,6-8H2,(H,18,19)(H,20,21). The monoisotopic (exact) mass is 285 g/mol. The molecule has 3 aliphatic carbocycles. The zero-order valence-corrected chi connectivity index (χ0v) is 11.7. The number of carboxylic acids is 1. The van der Waals surface area contributed by atoms with Crippen molar-refractivity contribution >= 4 is 11.9 Å². The molecule has 1 aromatic rings. The Hall–Kier alpha value is -1.84. The second kappa shape index (κ2) is 4.58. The van der Waals surface area contributed by atoms with Crippen molar-refractivity contribution in [1.29, 1.82) is 0 Å². The molecule has 5 atom stereocenters. The molecule has 4 heteroatoms. The quantitative estimate of drug-likeness (QED) is 0.891. The predicted molar refractivity (Wildman–Crippen MR) is 76.3 cm³/mol. The van der Waals surface area contributed by atoms with Crippen LogP contribution in [0.3, 0.4) is 0 Å². The number of hydrogen-bond acceptors (Lipinski definition) is 2. The van der Waals surface area contributed by atoms with Crippen LogP contribution in [0.1, 0.15) is 30.9 Å². The molecule has 110 valence electrons. The van der Waals surface area contributed by atoms with Crippen molar-refractivity contribution in [3.05, 3.63) is 35.9 Å². The molecule has 0 aromatic heterocycles. The number of rotatable bonds is 4. The molecular formula is C17H19NO3. The van der Waals surface area contributed by atoms with Gasteiger partial charge in [0, 0.05) is 5.92 Å². The zero-order chi connectivity index (χ0) is 14.6. The van der Waals surface area contributed by atoms with Crippen LogP contribution in [0.25, 0.3) is 0 Å². The summed E-state index contributed by atoms with van der Waals surface area (Å²) in [4.78, 5) is 23.9. The first-order chi connectivity index (χ1) is 10.2. The molecule has 3 saturated carbocycles. The molecular weight excluding hydrogens is 266 g/mol. The second-order valence-corrected chi connectivity index (χ2v) is 6.70. The first kappa shape index (κ1) is 12.9. The van der Waals surface area contributed by atoms with E-state index in [2.05, 4.69) is 5.32 Å². The van der Waals surface area contributed by atoms with Crippen molar-refractivity contribution in [3.8, 4) is 0 Å². The fraction of sp³-hybridized carbons (Fsp3) is 0.529. The third-order valence-electron chi connectivity index (χ3n) is 5.70. The Morgan fingerprint density at radius 3 is 2.29 bits per heavy atom. The van der Waals surface area contributed by atoms with E-state index < -0.39 is 12.0 Å². The Bertz CT molecular complexity index is 569. The summed E-state index contributed by atoms with van der Waals surface area (Å²) in [6, 6.07) is 7.99. The van der Waals surface area contributed by atoms with Gasteiger partial charge in [-0.2, -0.15) is 0 Å². The molecule has 4 rings (SSSR count). The van der Waals surface area contributed by atoms with Crippen LogP contribution < -0.4 is 5.32 Å². The number of fused-ring (bicyclic) bond motifs is 5. The van der Waals surface area contributed by atoms with Gasteiger partial charge in [0.25, 0.3) is 0 Å². The summed E-state index contributed by atoms with van der Waals surface area (Å²) in [5, 5.41) is 12.1. The summed E-state index contributed by atoms with van der Waals surface area (Å²) in [6.07, 6.45) is 3.81. The highest BCUT2D eigenvalue weighted by molar-refractivity contribution is 5.88. The number of benzene rings is 1. The summed E-state index contributed by atoms with van der Waals surface area (Å²) >= 11 is 0. The van der Waals surface area contributed by atoms with E-state index in [1.807, 2.05) is 6.07 Å². The molecule has 1 amide bonds. The van der Waals surface area contributed by atoms with Gasteiger partial charge in [-0.3, -0.25) is 4.79 Å². The number of carbonyl (C=O) groups excluding carboxylic acids is 1. The number of carbonyl (C=O) groups is 2. The third kappa shape index (κ3) is 1.96. The lowest BCUT2D eigenvalue weighted by molar-refractivity contribution is -0.142. The van der Waals surface area contributed by atoms with E-state index in [0.29, 0.717) is 17.4 Å². The van der Waals surface area contributed by atoms with Crippen molar-refractivity contribution in [3.63, 3.8) is 0 Å². The highest BCUT2D eigenvalue weighted by Crippen LogP contribution is 2.69. The number of nitrogens with one attached hydrogen (secondary N) is 1. The van der Waals surface area contributed by atoms with Gasteiger partial charge < -0.3 is 10.4 Å². The van der Waals surface area contributed by atoms with Gasteiger partial charge in [-0.1, -0.05) is 30.3 Å². The van der Waals surface area contributed by atoms with Gasteiger partial charge in [-0.05, 0) is 48.5 Å². The van der Waals surface area contributed by atoms with Gasteiger partial charge in [-0.15, -0.1) is 0 Å². The molecule has 0 heterocycles. The van der Waals surface area contributed by atoms with Gasteiger partial charge in [0.05, 0.1) is 0 Å². The van der Waals surface area contributed by atoms with Gasteiger partial charge in [-0.25, -0.2) is 4.79 Å². The van der Waals surface area contributed by atoms with Gasteiger partial charge in [0.1, 0.15) is 0 Å². The Morgan fingerprint density at radius 2 is 1.71 bits per heavy atom. The van der Waals surface area contributed by atoms with Gasteiger partial charge in [0.2, 0.25) is 5.91 Å². The molecule has 0 spiro atoms. The van der Waals surface area contributed by atoms with E-state index in [1.54, 1.807) is 24.3 Å². The summed E-state index contributed by atoms with van der Waals surface area (Å²) in [7, 11) is 0. The van der Waals surface area contributed by atoms with Crippen LogP contribution in [0.5, 0.6) is 0 Å². The third-order valence-corrected chi connectivity index (χ3v) is 5.70. The van der Waals surface area contributed by atoms with Crippen molar-refractivity contribution < 1.29 is 14.7 Å². The molecule has 0 aliphatic heterocycles. The van der Waals surface area contributed by atoms with Crippen molar-refractivity contribution in [2.75, 3.05) is 0 Å². The maximum atomic E-state index is 12.5. The number of hydrogen-bond donors (Lipinski definition) is 2. The molecule has 0 saturated heterocycles. The molecule has 2 N–H and O–H groups in total. The lowest BCUT2D eigenvalue weighted by atomic mass is 10.0. The Kier molecular flexibility index (Phi) is 2.81. The molecule has 4 nitrogen and oxygen atoms in total. The van der Waals surface area contributed by atoms with E-state index in [4.69, 9.17) is 0 Å². The highest BCUT2D eigenvalue weighted by Gasteiger charge is 2.67. The van der Waals surface area contributed by atoms with Crippen LogP contribution >= 0.6 is 0 Å². The number of amides is 1. The molecule has 3 aliphatic rings.